The first-order chi connectivity index (χ1) is 6.43. The molecule has 0 heterocycles. The molecule has 2 atom stereocenters. The molecule has 0 unspecified atom stereocenters. The van der Waals surface area contributed by atoms with E-state index in [-0.39, 0.29) is 11.8 Å². The van der Waals surface area contributed by atoms with Crippen LogP contribution in [0.5, 0.6) is 0 Å². The van der Waals surface area contributed by atoms with E-state index in [0.717, 1.165) is 0 Å². The second-order valence-electron chi connectivity index (χ2n) is 4.40. The maximum atomic E-state index is 11.6. The lowest BCUT2D eigenvalue weighted by Gasteiger charge is -2.19. The lowest BCUT2D eigenvalue weighted by atomic mass is 10.2. The highest BCUT2D eigenvalue weighted by Gasteiger charge is 2.49. The lowest BCUT2D eigenvalue weighted by molar-refractivity contribution is -0.141. The molecule has 0 aromatic rings. The van der Waals surface area contributed by atoms with Crippen molar-refractivity contribution in [3.63, 3.8) is 0 Å². The molecule has 4 nitrogen and oxygen atoms in total. The standard InChI is InChI=1S/C10H17NO3/c1-6(2)5-11(3)9(12)7-4-8(7)10(13)14/h6-8H,4-5H2,1-3H3,(H,13,14)/t7-,8+/m1/s1. The summed E-state index contributed by atoms with van der Waals surface area (Å²) in [5, 5.41) is 8.67. The minimum atomic E-state index is -0.846. The topological polar surface area (TPSA) is 57.6 Å². The molecule has 0 bridgehead atoms. The number of amides is 1. The number of carboxylic acid groups (broad SMARTS) is 1. The fourth-order valence-electron chi connectivity index (χ4n) is 1.66. The average molecular weight is 199 g/mol. The predicted octanol–water partition coefficient (Wildman–Crippen LogP) is 0.821. The van der Waals surface area contributed by atoms with Crippen LogP contribution in [0.4, 0.5) is 0 Å². The van der Waals surface area contributed by atoms with Gasteiger partial charge < -0.3 is 10.0 Å². The summed E-state index contributed by atoms with van der Waals surface area (Å²) in [5.41, 5.74) is 0. The highest BCUT2D eigenvalue weighted by atomic mass is 16.4. The molecular weight excluding hydrogens is 182 g/mol. The Labute approximate surface area is 83.9 Å². The summed E-state index contributed by atoms with van der Waals surface area (Å²) < 4.78 is 0. The zero-order valence-electron chi connectivity index (χ0n) is 8.86. The fraction of sp³-hybridized carbons (Fsp3) is 0.800. The molecule has 1 saturated carbocycles. The van der Waals surface area contributed by atoms with Gasteiger partial charge in [-0.3, -0.25) is 9.59 Å². The number of carboxylic acids is 1. The van der Waals surface area contributed by atoms with Crippen molar-refractivity contribution in [1.29, 1.82) is 0 Å². The molecule has 0 aliphatic heterocycles. The van der Waals surface area contributed by atoms with E-state index in [1.54, 1.807) is 11.9 Å². The Morgan fingerprint density at radius 2 is 2.00 bits per heavy atom. The van der Waals surface area contributed by atoms with Gasteiger partial charge in [0.2, 0.25) is 5.91 Å². The third kappa shape index (κ3) is 2.47. The first kappa shape index (κ1) is 11.0. The van der Waals surface area contributed by atoms with Crippen LogP contribution in [0.25, 0.3) is 0 Å². The van der Waals surface area contributed by atoms with Crippen LogP contribution in [0.2, 0.25) is 0 Å². The smallest absolute Gasteiger partial charge is 0.307 e. The van der Waals surface area contributed by atoms with Gasteiger partial charge in [-0.15, -0.1) is 0 Å². The van der Waals surface area contributed by atoms with Gasteiger partial charge in [-0.1, -0.05) is 13.8 Å². The van der Waals surface area contributed by atoms with Gasteiger partial charge in [0.1, 0.15) is 0 Å². The summed E-state index contributed by atoms with van der Waals surface area (Å²) in [4.78, 5) is 23.8. The first-order valence-electron chi connectivity index (χ1n) is 4.91. The number of aliphatic carboxylic acids is 1. The van der Waals surface area contributed by atoms with Gasteiger partial charge in [-0.2, -0.15) is 0 Å². The van der Waals surface area contributed by atoms with Crippen molar-refractivity contribution in [2.24, 2.45) is 17.8 Å². The number of rotatable bonds is 4. The van der Waals surface area contributed by atoms with Gasteiger partial charge in [-0.05, 0) is 12.3 Å². The lowest BCUT2D eigenvalue weighted by Crippen LogP contribution is -2.32. The zero-order valence-corrected chi connectivity index (χ0v) is 8.86. The summed E-state index contributed by atoms with van der Waals surface area (Å²) in [7, 11) is 1.74. The Bertz CT molecular complexity index is 250. The Morgan fingerprint density at radius 3 is 2.36 bits per heavy atom. The summed E-state index contributed by atoms with van der Waals surface area (Å²) in [6.07, 6.45) is 0.511. The quantitative estimate of drug-likeness (QED) is 0.729. The van der Waals surface area contributed by atoms with E-state index in [4.69, 9.17) is 5.11 Å². The summed E-state index contributed by atoms with van der Waals surface area (Å²) in [5.74, 6) is -1.15. The molecule has 0 radical (unpaired) electrons. The second-order valence-corrected chi connectivity index (χ2v) is 4.40. The van der Waals surface area contributed by atoms with E-state index >= 15 is 0 Å². The number of carbonyl (C=O) groups is 2. The SMILES string of the molecule is CC(C)CN(C)C(=O)[C@@H]1C[C@@H]1C(=O)O. The van der Waals surface area contributed by atoms with Crippen molar-refractivity contribution < 1.29 is 14.7 Å². The molecule has 1 aliphatic carbocycles. The zero-order chi connectivity index (χ0) is 10.9. The molecule has 1 aliphatic rings. The molecule has 14 heavy (non-hydrogen) atoms. The number of hydrogen-bond donors (Lipinski definition) is 1. The van der Waals surface area contributed by atoms with E-state index in [2.05, 4.69) is 0 Å². The molecule has 1 rings (SSSR count). The molecule has 0 aromatic heterocycles. The Hall–Kier alpha value is -1.06. The van der Waals surface area contributed by atoms with Crippen LogP contribution in [-0.2, 0) is 9.59 Å². The van der Waals surface area contributed by atoms with E-state index in [9.17, 15) is 9.59 Å². The highest BCUT2D eigenvalue weighted by molar-refractivity contribution is 5.89. The van der Waals surface area contributed by atoms with Crippen LogP contribution in [0.15, 0.2) is 0 Å². The van der Waals surface area contributed by atoms with Crippen LogP contribution in [0.1, 0.15) is 20.3 Å². The molecule has 1 amide bonds. The van der Waals surface area contributed by atoms with Crippen molar-refractivity contribution in [2.45, 2.75) is 20.3 Å². The van der Waals surface area contributed by atoms with Crippen molar-refractivity contribution in [2.75, 3.05) is 13.6 Å². The summed E-state index contributed by atoms with van der Waals surface area (Å²) in [6.45, 7) is 4.76. The molecule has 0 aromatic carbocycles. The van der Waals surface area contributed by atoms with Crippen molar-refractivity contribution >= 4 is 11.9 Å². The largest absolute Gasteiger partial charge is 0.481 e. The average Bonchev–Trinajstić information content (AvgIpc) is 2.80. The third-order valence-corrected chi connectivity index (χ3v) is 2.44. The first-order valence-corrected chi connectivity index (χ1v) is 4.91. The minimum absolute atomic E-state index is 0.0221. The van der Waals surface area contributed by atoms with Gasteiger partial charge >= 0.3 is 5.97 Å². The Balaban J connectivity index is 2.40. The maximum Gasteiger partial charge on any atom is 0.307 e. The van der Waals surface area contributed by atoms with Crippen LogP contribution in [0.3, 0.4) is 0 Å². The van der Waals surface area contributed by atoms with Crippen LogP contribution in [0, 0.1) is 17.8 Å². The second kappa shape index (κ2) is 3.98. The molecule has 4 heteroatoms. The fourth-order valence-corrected chi connectivity index (χ4v) is 1.66. The van der Waals surface area contributed by atoms with Gasteiger partial charge in [-0.25, -0.2) is 0 Å². The van der Waals surface area contributed by atoms with Crippen molar-refractivity contribution in [3.05, 3.63) is 0 Å². The van der Waals surface area contributed by atoms with Gasteiger partial charge in [0.15, 0.2) is 0 Å². The number of carbonyl (C=O) groups excluding carboxylic acids is 1. The molecule has 0 spiro atoms. The van der Waals surface area contributed by atoms with E-state index < -0.39 is 11.9 Å². The van der Waals surface area contributed by atoms with Gasteiger partial charge in [0.25, 0.3) is 0 Å². The Morgan fingerprint density at radius 1 is 1.43 bits per heavy atom. The van der Waals surface area contributed by atoms with Gasteiger partial charge in [0, 0.05) is 13.6 Å². The van der Waals surface area contributed by atoms with Crippen molar-refractivity contribution in [3.8, 4) is 0 Å². The van der Waals surface area contributed by atoms with E-state index in [1.807, 2.05) is 13.8 Å². The van der Waals surface area contributed by atoms with E-state index in [1.165, 1.54) is 0 Å². The molecule has 0 saturated heterocycles. The molecule has 80 valence electrons. The van der Waals surface area contributed by atoms with Crippen LogP contribution >= 0.6 is 0 Å². The monoisotopic (exact) mass is 199 g/mol. The van der Waals surface area contributed by atoms with Gasteiger partial charge in [0.05, 0.1) is 11.8 Å². The number of nitrogens with zero attached hydrogens (tertiary/aromatic N) is 1. The Kier molecular flexibility index (Phi) is 3.13. The molecular formula is C10H17NO3. The highest BCUT2D eigenvalue weighted by Crippen LogP contribution is 2.39. The minimum Gasteiger partial charge on any atom is -0.481 e. The predicted molar refractivity (Wildman–Crippen MR) is 51.7 cm³/mol. The summed E-state index contributed by atoms with van der Waals surface area (Å²) >= 11 is 0. The maximum absolute atomic E-state index is 11.6. The van der Waals surface area contributed by atoms with Crippen molar-refractivity contribution in [1.82, 2.24) is 4.90 Å². The molecule has 1 fully saturated rings. The third-order valence-electron chi connectivity index (χ3n) is 2.44. The normalized spacial score (nSPS) is 24.9. The van der Waals surface area contributed by atoms with Crippen LogP contribution < -0.4 is 0 Å². The molecule has 1 N–H and O–H groups in total. The number of hydrogen-bond acceptors (Lipinski definition) is 2. The van der Waals surface area contributed by atoms with E-state index in [0.29, 0.717) is 18.9 Å². The summed E-state index contributed by atoms with van der Waals surface area (Å²) in [6, 6.07) is 0. The van der Waals surface area contributed by atoms with Crippen LogP contribution in [-0.4, -0.2) is 35.5 Å².